The molecule has 0 saturated heterocycles. The molecule has 98 valence electrons. The van der Waals surface area contributed by atoms with Gasteiger partial charge in [-0.1, -0.05) is 29.3 Å². The van der Waals surface area contributed by atoms with E-state index in [1.165, 1.54) is 18.2 Å². The number of benzene rings is 1. The highest BCUT2D eigenvalue weighted by molar-refractivity contribution is 6.34. The van der Waals surface area contributed by atoms with Gasteiger partial charge in [-0.05, 0) is 30.7 Å². The zero-order valence-electron chi connectivity index (χ0n) is 9.75. The first-order valence-electron chi connectivity index (χ1n) is 5.23. The van der Waals surface area contributed by atoms with Crippen LogP contribution in [0.15, 0.2) is 24.3 Å². The number of hydrogen-bond donors (Lipinski definition) is 1. The van der Waals surface area contributed by atoms with Crippen LogP contribution in [0.2, 0.25) is 10.3 Å². The molecule has 0 saturated carbocycles. The molecular formula is C12H8Cl2FN3O. The number of nitrogens with zero attached hydrogens (tertiary/aromatic N) is 2. The van der Waals surface area contributed by atoms with Crippen LogP contribution in [0.3, 0.4) is 0 Å². The number of amides is 1. The summed E-state index contributed by atoms with van der Waals surface area (Å²) < 4.78 is 13.5. The highest BCUT2D eigenvalue weighted by Crippen LogP contribution is 2.20. The van der Waals surface area contributed by atoms with Gasteiger partial charge in [-0.2, -0.15) is 0 Å². The minimum absolute atomic E-state index is 0.0271. The third kappa shape index (κ3) is 3.19. The summed E-state index contributed by atoms with van der Waals surface area (Å²) in [5, 5.41) is 9.34. The number of hydrogen-bond acceptors (Lipinski definition) is 3. The van der Waals surface area contributed by atoms with E-state index in [4.69, 9.17) is 23.2 Å². The SMILES string of the molecule is Cc1ccc(F)c(NC(=O)c2cc(Cl)nnc2Cl)c1. The number of aromatic nitrogens is 2. The van der Waals surface area contributed by atoms with E-state index in [0.717, 1.165) is 5.56 Å². The number of rotatable bonds is 2. The van der Waals surface area contributed by atoms with Gasteiger partial charge in [0.2, 0.25) is 0 Å². The van der Waals surface area contributed by atoms with Crippen LogP contribution in [-0.2, 0) is 0 Å². The van der Waals surface area contributed by atoms with E-state index in [0.29, 0.717) is 0 Å². The van der Waals surface area contributed by atoms with Gasteiger partial charge in [0, 0.05) is 0 Å². The summed E-state index contributed by atoms with van der Waals surface area (Å²) in [5.41, 5.74) is 0.908. The minimum atomic E-state index is -0.605. The number of anilines is 1. The fourth-order valence-corrected chi connectivity index (χ4v) is 1.76. The number of halogens is 3. The van der Waals surface area contributed by atoms with Crippen molar-refractivity contribution in [1.82, 2.24) is 10.2 Å². The summed E-state index contributed by atoms with van der Waals surface area (Å²) >= 11 is 11.4. The number of aryl methyl sites for hydroxylation is 1. The molecule has 1 aromatic carbocycles. The maximum atomic E-state index is 13.5. The van der Waals surface area contributed by atoms with E-state index in [2.05, 4.69) is 15.5 Å². The number of carbonyl (C=O) groups excluding carboxylic acids is 1. The molecule has 4 nitrogen and oxygen atoms in total. The third-order valence-corrected chi connectivity index (χ3v) is 2.80. The van der Waals surface area contributed by atoms with E-state index >= 15 is 0 Å². The molecule has 1 amide bonds. The van der Waals surface area contributed by atoms with Crippen LogP contribution >= 0.6 is 23.2 Å². The van der Waals surface area contributed by atoms with Crippen LogP contribution < -0.4 is 5.32 Å². The summed E-state index contributed by atoms with van der Waals surface area (Å²) in [6.07, 6.45) is 0. The van der Waals surface area contributed by atoms with E-state index < -0.39 is 11.7 Å². The van der Waals surface area contributed by atoms with Gasteiger partial charge in [0.1, 0.15) is 5.82 Å². The molecule has 1 aromatic heterocycles. The van der Waals surface area contributed by atoms with Crippen molar-refractivity contribution < 1.29 is 9.18 Å². The molecule has 0 atom stereocenters. The zero-order chi connectivity index (χ0) is 14.0. The summed E-state index contributed by atoms with van der Waals surface area (Å²) in [5.74, 6) is -1.14. The van der Waals surface area contributed by atoms with Gasteiger partial charge >= 0.3 is 0 Å². The minimum Gasteiger partial charge on any atom is -0.319 e. The van der Waals surface area contributed by atoms with Crippen LogP contribution in [0.1, 0.15) is 15.9 Å². The normalized spacial score (nSPS) is 10.3. The summed E-state index contributed by atoms with van der Waals surface area (Å²) in [6, 6.07) is 5.64. The lowest BCUT2D eigenvalue weighted by Gasteiger charge is -2.08. The number of carbonyl (C=O) groups is 1. The second-order valence-corrected chi connectivity index (χ2v) is 4.55. The van der Waals surface area contributed by atoms with Crippen molar-refractivity contribution in [2.24, 2.45) is 0 Å². The Kier molecular flexibility index (Phi) is 3.97. The molecular weight excluding hydrogens is 292 g/mol. The highest BCUT2D eigenvalue weighted by atomic mass is 35.5. The van der Waals surface area contributed by atoms with Crippen molar-refractivity contribution in [1.29, 1.82) is 0 Å². The standard InChI is InChI=1S/C12H8Cl2FN3O/c1-6-2-3-8(15)9(4-6)16-12(19)7-5-10(13)17-18-11(7)14/h2-5H,1H3,(H,16,19). The van der Waals surface area contributed by atoms with Gasteiger partial charge in [-0.15, -0.1) is 10.2 Å². The Labute approximate surface area is 118 Å². The van der Waals surface area contributed by atoms with Crippen LogP contribution in [0, 0.1) is 12.7 Å². The molecule has 1 N–H and O–H groups in total. The molecule has 0 fully saturated rings. The van der Waals surface area contributed by atoms with Crippen molar-refractivity contribution in [2.45, 2.75) is 6.92 Å². The maximum Gasteiger partial charge on any atom is 0.259 e. The van der Waals surface area contributed by atoms with E-state index in [9.17, 15) is 9.18 Å². The van der Waals surface area contributed by atoms with Gasteiger partial charge in [-0.3, -0.25) is 4.79 Å². The smallest absolute Gasteiger partial charge is 0.259 e. The Morgan fingerprint density at radius 1 is 1.26 bits per heavy atom. The molecule has 0 unspecified atom stereocenters. The van der Waals surface area contributed by atoms with Gasteiger partial charge in [0.25, 0.3) is 5.91 Å². The Balaban J connectivity index is 2.30. The molecule has 1 heterocycles. The van der Waals surface area contributed by atoms with E-state index in [-0.39, 0.29) is 21.6 Å². The van der Waals surface area contributed by atoms with Gasteiger partial charge in [0.15, 0.2) is 10.3 Å². The zero-order valence-corrected chi connectivity index (χ0v) is 11.3. The van der Waals surface area contributed by atoms with Crippen molar-refractivity contribution in [3.8, 4) is 0 Å². The van der Waals surface area contributed by atoms with Crippen LogP contribution in [0.25, 0.3) is 0 Å². The predicted octanol–water partition coefficient (Wildman–Crippen LogP) is 3.48. The first-order chi connectivity index (χ1) is 8.97. The van der Waals surface area contributed by atoms with Crippen LogP contribution in [-0.4, -0.2) is 16.1 Å². The van der Waals surface area contributed by atoms with Crippen molar-refractivity contribution >= 4 is 34.8 Å². The molecule has 0 aliphatic carbocycles. The molecule has 7 heteroatoms. The average Bonchev–Trinajstić information content (AvgIpc) is 2.36. The van der Waals surface area contributed by atoms with E-state index in [1.807, 2.05) is 0 Å². The topological polar surface area (TPSA) is 54.9 Å². The van der Waals surface area contributed by atoms with Crippen molar-refractivity contribution in [3.63, 3.8) is 0 Å². The summed E-state index contributed by atoms with van der Waals surface area (Å²) in [6.45, 7) is 1.78. The fourth-order valence-electron chi connectivity index (χ4n) is 1.44. The van der Waals surface area contributed by atoms with Gasteiger partial charge in [-0.25, -0.2) is 4.39 Å². The summed E-state index contributed by atoms with van der Waals surface area (Å²) in [4.78, 5) is 12.0. The summed E-state index contributed by atoms with van der Waals surface area (Å²) in [7, 11) is 0. The Morgan fingerprint density at radius 3 is 2.74 bits per heavy atom. The molecule has 0 bridgehead atoms. The fraction of sp³-hybridized carbons (Fsp3) is 0.0833. The molecule has 0 aliphatic rings. The lowest BCUT2D eigenvalue weighted by atomic mass is 10.2. The average molecular weight is 300 g/mol. The second kappa shape index (κ2) is 5.50. The highest BCUT2D eigenvalue weighted by Gasteiger charge is 2.15. The monoisotopic (exact) mass is 299 g/mol. The Bertz CT molecular complexity index is 649. The molecule has 2 rings (SSSR count). The largest absolute Gasteiger partial charge is 0.319 e. The Morgan fingerprint density at radius 2 is 2.00 bits per heavy atom. The molecule has 2 aromatic rings. The second-order valence-electron chi connectivity index (χ2n) is 3.81. The molecule has 0 spiro atoms. The molecule has 19 heavy (non-hydrogen) atoms. The lowest BCUT2D eigenvalue weighted by Crippen LogP contribution is -2.14. The predicted molar refractivity (Wildman–Crippen MR) is 71.1 cm³/mol. The van der Waals surface area contributed by atoms with Crippen molar-refractivity contribution in [3.05, 3.63) is 51.5 Å². The van der Waals surface area contributed by atoms with Crippen LogP contribution in [0.4, 0.5) is 10.1 Å². The maximum absolute atomic E-state index is 13.5. The first-order valence-corrected chi connectivity index (χ1v) is 5.99. The van der Waals surface area contributed by atoms with Gasteiger partial charge < -0.3 is 5.32 Å². The molecule has 0 aliphatic heterocycles. The van der Waals surface area contributed by atoms with Gasteiger partial charge in [0.05, 0.1) is 11.3 Å². The van der Waals surface area contributed by atoms with Crippen LogP contribution in [0.5, 0.6) is 0 Å². The quantitative estimate of drug-likeness (QED) is 0.923. The lowest BCUT2D eigenvalue weighted by molar-refractivity contribution is 0.102. The van der Waals surface area contributed by atoms with E-state index in [1.54, 1.807) is 13.0 Å². The third-order valence-electron chi connectivity index (χ3n) is 2.33. The molecule has 0 radical (unpaired) electrons. The number of nitrogens with one attached hydrogen (secondary N) is 1. The first kappa shape index (κ1) is 13.7. The Hall–Kier alpha value is -1.72. The van der Waals surface area contributed by atoms with Crippen molar-refractivity contribution in [2.75, 3.05) is 5.32 Å².